The number of ether oxygens (including phenoxy) is 2. The molecule has 1 aromatic carbocycles. The number of hydrogen-bond donors (Lipinski definition) is 0. The minimum Gasteiger partial charge on any atom is -0.493 e. The number of nitrogens with zero attached hydrogens (tertiary/aromatic N) is 7. The number of hydrogen-bond acceptors (Lipinski definition) is 8. The lowest BCUT2D eigenvalue weighted by atomic mass is 10.1. The molecule has 0 spiro atoms. The highest BCUT2D eigenvalue weighted by atomic mass is 16.5. The normalized spacial score (nSPS) is 14.0. The summed E-state index contributed by atoms with van der Waals surface area (Å²) in [5, 5.41) is 4.91. The maximum absolute atomic E-state index is 5.54. The van der Waals surface area contributed by atoms with Crippen LogP contribution in [0.3, 0.4) is 0 Å². The van der Waals surface area contributed by atoms with Gasteiger partial charge in [-0.15, -0.1) is 0 Å². The Morgan fingerprint density at radius 2 is 1.34 bits per heavy atom. The fraction of sp³-hybridized carbons (Fsp3) is 0.385. The van der Waals surface area contributed by atoms with E-state index in [0.29, 0.717) is 11.5 Å². The summed E-state index contributed by atoms with van der Waals surface area (Å²) in [5.74, 6) is 3.23. The first-order valence-electron chi connectivity index (χ1n) is 11.8. The first kappa shape index (κ1) is 22.9. The van der Waals surface area contributed by atoms with Crippen LogP contribution in [0.15, 0.2) is 30.3 Å². The highest BCUT2D eigenvalue weighted by Gasteiger charge is 2.24. The predicted molar refractivity (Wildman–Crippen MR) is 137 cm³/mol. The van der Waals surface area contributed by atoms with E-state index in [2.05, 4.69) is 25.8 Å². The van der Waals surface area contributed by atoms with Gasteiger partial charge >= 0.3 is 0 Å². The number of anilines is 2. The van der Waals surface area contributed by atoms with E-state index >= 15 is 0 Å². The molecule has 0 radical (unpaired) electrons. The maximum Gasteiger partial charge on any atom is 0.225 e. The van der Waals surface area contributed by atoms with Crippen LogP contribution in [0.5, 0.6) is 11.5 Å². The highest BCUT2D eigenvalue weighted by molar-refractivity contribution is 5.82. The minimum absolute atomic E-state index is 0.682. The predicted octanol–water partition coefficient (Wildman–Crippen LogP) is 3.76. The Hall–Kier alpha value is -3.88. The van der Waals surface area contributed by atoms with Crippen LogP contribution in [-0.4, -0.2) is 65.0 Å². The summed E-state index contributed by atoms with van der Waals surface area (Å²) in [6.45, 7) is 11.5. The van der Waals surface area contributed by atoms with Gasteiger partial charge in [0.05, 0.1) is 19.9 Å². The zero-order chi connectivity index (χ0) is 24.7. The van der Waals surface area contributed by atoms with E-state index in [4.69, 9.17) is 19.6 Å². The molecular weight excluding hydrogens is 442 g/mol. The van der Waals surface area contributed by atoms with E-state index in [0.717, 1.165) is 77.5 Å². The Labute approximate surface area is 205 Å². The van der Waals surface area contributed by atoms with Gasteiger partial charge < -0.3 is 19.3 Å². The fourth-order valence-electron chi connectivity index (χ4n) is 4.76. The van der Waals surface area contributed by atoms with Crippen molar-refractivity contribution >= 4 is 17.4 Å². The molecule has 35 heavy (non-hydrogen) atoms. The SMILES string of the molecule is COc1ccc(-c2c(C)nn3c(N4CCN(c5nc(C)cc(C)n5)CC4)cc(C)nc23)cc1OC. The lowest BCUT2D eigenvalue weighted by molar-refractivity contribution is 0.355. The standard InChI is InChI=1S/C26H31N7O2/c1-16-13-17(2)29-26(28-16)32-11-9-31(10-12-32)23-14-18(3)27-25-24(19(4)30-33(23)25)20-7-8-21(34-5)22(15-20)35-6/h7-8,13-15H,9-12H2,1-6H3. The zero-order valence-electron chi connectivity index (χ0n) is 21.2. The molecule has 9 heteroatoms. The van der Waals surface area contributed by atoms with Crippen molar-refractivity contribution in [3.8, 4) is 22.6 Å². The smallest absolute Gasteiger partial charge is 0.225 e. The van der Waals surface area contributed by atoms with Gasteiger partial charge in [-0.3, -0.25) is 0 Å². The van der Waals surface area contributed by atoms with Crippen LogP contribution in [0.1, 0.15) is 22.8 Å². The van der Waals surface area contributed by atoms with E-state index in [1.807, 2.05) is 56.5 Å². The summed E-state index contributed by atoms with van der Waals surface area (Å²) in [7, 11) is 3.29. The van der Waals surface area contributed by atoms with Gasteiger partial charge in [-0.1, -0.05) is 6.07 Å². The lowest BCUT2D eigenvalue weighted by Gasteiger charge is -2.36. The summed E-state index contributed by atoms with van der Waals surface area (Å²) in [6.07, 6.45) is 0. The number of aromatic nitrogens is 5. The van der Waals surface area contributed by atoms with E-state index in [-0.39, 0.29) is 0 Å². The molecule has 4 aromatic rings. The summed E-state index contributed by atoms with van der Waals surface area (Å²) < 4.78 is 12.9. The van der Waals surface area contributed by atoms with Crippen molar-refractivity contribution in [1.82, 2.24) is 24.6 Å². The number of piperazine rings is 1. The van der Waals surface area contributed by atoms with Crippen LogP contribution < -0.4 is 19.3 Å². The van der Waals surface area contributed by atoms with E-state index in [1.54, 1.807) is 14.2 Å². The molecule has 0 bridgehead atoms. The summed E-state index contributed by atoms with van der Waals surface area (Å²) in [4.78, 5) is 18.8. The van der Waals surface area contributed by atoms with Crippen molar-refractivity contribution in [3.05, 3.63) is 53.1 Å². The molecule has 1 aliphatic heterocycles. The van der Waals surface area contributed by atoms with Crippen molar-refractivity contribution in [1.29, 1.82) is 0 Å². The second kappa shape index (κ2) is 9.05. The van der Waals surface area contributed by atoms with Gasteiger partial charge in [-0.25, -0.2) is 15.0 Å². The van der Waals surface area contributed by atoms with Crippen LogP contribution in [0.2, 0.25) is 0 Å². The van der Waals surface area contributed by atoms with Crippen LogP contribution in [-0.2, 0) is 0 Å². The molecule has 1 fully saturated rings. The monoisotopic (exact) mass is 473 g/mol. The van der Waals surface area contributed by atoms with Crippen molar-refractivity contribution in [3.63, 3.8) is 0 Å². The average molecular weight is 474 g/mol. The van der Waals surface area contributed by atoms with Gasteiger partial charge in [0.2, 0.25) is 5.95 Å². The van der Waals surface area contributed by atoms with E-state index in [9.17, 15) is 0 Å². The van der Waals surface area contributed by atoms with Gasteiger partial charge in [-0.05, 0) is 51.5 Å². The fourth-order valence-corrected chi connectivity index (χ4v) is 4.76. The minimum atomic E-state index is 0.682. The number of fused-ring (bicyclic) bond motifs is 1. The Bertz CT molecular complexity index is 1370. The third-order valence-electron chi connectivity index (χ3n) is 6.40. The third kappa shape index (κ3) is 4.22. The Balaban J connectivity index is 1.49. The average Bonchev–Trinajstić information content (AvgIpc) is 3.18. The summed E-state index contributed by atoms with van der Waals surface area (Å²) >= 11 is 0. The summed E-state index contributed by atoms with van der Waals surface area (Å²) in [6, 6.07) is 10.0. The number of methoxy groups -OCH3 is 2. The van der Waals surface area contributed by atoms with E-state index in [1.165, 1.54) is 0 Å². The molecule has 0 aliphatic carbocycles. The first-order valence-corrected chi connectivity index (χ1v) is 11.8. The topological polar surface area (TPSA) is 80.9 Å². The van der Waals surface area contributed by atoms with Gasteiger partial charge in [0.25, 0.3) is 0 Å². The number of benzene rings is 1. The lowest BCUT2D eigenvalue weighted by Crippen LogP contribution is -2.47. The molecule has 182 valence electrons. The quantitative estimate of drug-likeness (QED) is 0.433. The molecule has 0 unspecified atom stereocenters. The Morgan fingerprint density at radius 3 is 2.00 bits per heavy atom. The zero-order valence-corrected chi connectivity index (χ0v) is 21.2. The molecule has 0 atom stereocenters. The van der Waals surface area contributed by atoms with Crippen LogP contribution in [0.4, 0.5) is 11.8 Å². The highest BCUT2D eigenvalue weighted by Crippen LogP contribution is 2.36. The molecule has 5 rings (SSSR count). The van der Waals surface area contributed by atoms with Gasteiger partial charge in [-0.2, -0.15) is 9.61 Å². The maximum atomic E-state index is 5.54. The van der Waals surface area contributed by atoms with E-state index < -0.39 is 0 Å². The largest absolute Gasteiger partial charge is 0.493 e. The third-order valence-corrected chi connectivity index (χ3v) is 6.40. The van der Waals surface area contributed by atoms with Crippen molar-refractivity contribution in [2.45, 2.75) is 27.7 Å². The van der Waals surface area contributed by atoms with Gasteiger partial charge in [0, 0.05) is 54.9 Å². The second-order valence-corrected chi connectivity index (χ2v) is 8.95. The van der Waals surface area contributed by atoms with Crippen molar-refractivity contribution < 1.29 is 9.47 Å². The second-order valence-electron chi connectivity index (χ2n) is 8.95. The van der Waals surface area contributed by atoms with Crippen LogP contribution in [0.25, 0.3) is 16.8 Å². The molecule has 0 N–H and O–H groups in total. The molecule has 9 nitrogen and oxygen atoms in total. The first-order chi connectivity index (χ1) is 16.9. The number of aryl methyl sites for hydroxylation is 4. The molecular formula is C26H31N7O2. The van der Waals surface area contributed by atoms with Crippen molar-refractivity contribution in [2.24, 2.45) is 0 Å². The Morgan fingerprint density at radius 1 is 0.714 bits per heavy atom. The van der Waals surface area contributed by atoms with Crippen LogP contribution >= 0.6 is 0 Å². The molecule has 0 amide bonds. The molecule has 3 aromatic heterocycles. The molecule has 1 saturated heterocycles. The van der Waals surface area contributed by atoms with Crippen molar-refractivity contribution in [2.75, 3.05) is 50.2 Å². The summed E-state index contributed by atoms with van der Waals surface area (Å²) in [5.41, 5.74) is 6.69. The van der Waals surface area contributed by atoms with Crippen LogP contribution in [0, 0.1) is 27.7 Å². The Kier molecular flexibility index (Phi) is 5.92. The van der Waals surface area contributed by atoms with Gasteiger partial charge in [0.1, 0.15) is 5.82 Å². The number of rotatable bonds is 5. The molecule has 1 aliphatic rings. The molecule has 0 saturated carbocycles. The molecule has 4 heterocycles. The van der Waals surface area contributed by atoms with Gasteiger partial charge in [0.15, 0.2) is 17.1 Å².